The molecule has 0 fully saturated rings. The Kier molecular flexibility index (Phi) is 3.99. The highest BCUT2D eigenvalue weighted by atomic mass is 35.5. The molecule has 0 saturated carbocycles. The number of aromatic nitrogens is 2. The van der Waals surface area contributed by atoms with Crippen LogP contribution in [0.25, 0.3) is 10.9 Å². The van der Waals surface area contributed by atoms with Crippen LogP contribution in [0, 0.1) is 0 Å². The van der Waals surface area contributed by atoms with Gasteiger partial charge in [-0.3, -0.25) is 9.36 Å². The summed E-state index contributed by atoms with van der Waals surface area (Å²) < 4.78 is 1.62. The first-order valence-electron chi connectivity index (χ1n) is 6.45. The lowest BCUT2D eigenvalue weighted by molar-refractivity contribution is 0.748. The Hall–Kier alpha value is -1.78. The van der Waals surface area contributed by atoms with Gasteiger partial charge in [0.25, 0.3) is 5.56 Å². The molecule has 0 spiro atoms. The molecule has 0 aliphatic rings. The molecule has 2 aromatic carbocycles. The van der Waals surface area contributed by atoms with Gasteiger partial charge in [-0.15, -0.1) is 11.8 Å². The van der Waals surface area contributed by atoms with Crippen LogP contribution in [-0.2, 0) is 6.54 Å². The number of hydrogen-bond donors (Lipinski definition) is 0. The molecule has 3 rings (SSSR count). The second-order valence-corrected chi connectivity index (χ2v) is 6.00. The molecule has 106 valence electrons. The molecule has 0 N–H and O–H groups in total. The van der Waals surface area contributed by atoms with Crippen LogP contribution in [0.4, 0.5) is 0 Å². The second-order valence-electron chi connectivity index (χ2n) is 4.69. The fourth-order valence-electron chi connectivity index (χ4n) is 2.17. The first kappa shape index (κ1) is 14.2. The molecule has 0 saturated heterocycles. The minimum absolute atomic E-state index is 0.0504. The molecule has 0 unspecified atom stereocenters. The van der Waals surface area contributed by atoms with Crippen LogP contribution in [0.5, 0.6) is 0 Å². The van der Waals surface area contributed by atoms with Crippen molar-refractivity contribution in [3.05, 3.63) is 69.7 Å². The van der Waals surface area contributed by atoms with Crippen molar-refractivity contribution in [3.8, 4) is 0 Å². The second kappa shape index (κ2) is 5.92. The number of benzene rings is 2. The number of thioether (sulfide) groups is 1. The van der Waals surface area contributed by atoms with E-state index in [4.69, 9.17) is 11.6 Å². The summed E-state index contributed by atoms with van der Waals surface area (Å²) >= 11 is 7.62. The van der Waals surface area contributed by atoms with Crippen LogP contribution in [0.2, 0.25) is 5.02 Å². The van der Waals surface area contributed by atoms with E-state index in [9.17, 15) is 4.79 Å². The molecule has 3 nitrogen and oxygen atoms in total. The average Bonchev–Trinajstić information content (AvgIpc) is 2.51. The van der Waals surface area contributed by atoms with Crippen LogP contribution in [-0.4, -0.2) is 15.8 Å². The van der Waals surface area contributed by atoms with Gasteiger partial charge >= 0.3 is 0 Å². The largest absolute Gasteiger partial charge is 0.294 e. The maximum atomic E-state index is 12.4. The van der Waals surface area contributed by atoms with Crippen molar-refractivity contribution < 1.29 is 0 Å². The van der Waals surface area contributed by atoms with Crippen LogP contribution in [0.15, 0.2) is 58.5 Å². The van der Waals surface area contributed by atoms with Gasteiger partial charge < -0.3 is 0 Å². The Bertz CT molecular complexity index is 843. The highest BCUT2D eigenvalue weighted by Gasteiger charge is 2.05. The Morgan fingerprint density at radius 3 is 2.67 bits per heavy atom. The monoisotopic (exact) mass is 316 g/mol. The van der Waals surface area contributed by atoms with E-state index >= 15 is 0 Å². The van der Waals surface area contributed by atoms with Crippen LogP contribution in [0.3, 0.4) is 0 Å². The molecule has 0 radical (unpaired) electrons. The number of rotatable bonds is 3. The zero-order chi connectivity index (χ0) is 14.8. The van der Waals surface area contributed by atoms with Crippen molar-refractivity contribution in [3.63, 3.8) is 0 Å². The third-order valence-corrected chi connectivity index (χ3v) is 4.28. The lowest BCUT2D eigenvalue weighted by Gasteiger charge is -2.07. The summed E-state index contributed by atoms with van der Waals surface area (Å²) in [6.07, 6.45) is 3.61. The topological polar surface area (TPSA) is 34.9 Å². The average molecular weight is 317 g/mol. The smallest absolute Gasteiger partial charge is 0.261 e. The fraction of sp³-hybridized carbons (Fsp3) is 0.125. The summed E-state index contributed by atoms with van der Waals surface area (Å²) in [5.74, 6) is 0. The van der Waals surface area contributed by atoms with Gasteiger partial charge in [0.05, 0.1) is 23.8 Å². The maximum absolute atomic E-state index is 12.4. The fourth-order valence-corrected chi connectivity index (χ4v) is 2.75. The lowest BCUT2D eigenvalue weighted by Crippen LogP contribution is -2.21. The third kappa shape index (κ3) is 2.96. The van der Waals surface area contributed by atoms with E-state index in [0.29, 0.717) is 22.5 Å². The van der Waals surface area contributed by atoms with E-state index in [0.717, 1.165) is 5.56 Å². The summed E-state index contributed by atoms with van der Waals surface area (Å²) in [6, 6.07) is 13.3. The van der Waals surface area contributed by atoms with Gasteiger partial charge in [0.2, 0.25) is 0 Å². The van der Waals surface area contributed by atoms with Crippen molar-refractivity contribution >= 4 is 34.3 Å². The minimum Gasteiger partial charge on any atom is -0.294 e. The molecule has 5 heteroatoms. The molecule has 1 heterocycles. The zero-order valence-corrected chi connectivity index (χ0v) is 13.0. The molecular weight excluding hydrogens is 304 g/mol. The van der Waals surface area contributed by atoms with Crippen molar-refractivity contribution in [2.75, 3.05) is 6.26 Å². The minimum atomic E-state index is -0.0504. The standard InChI is InChI=1S/C16H13ClN2OS/c1-21-13-5-2-11(3-6-13)9-19-10-18-15-8-12(17)4-7-14(15)16(19)20/h2-8,10H,9H2,1H3. The van der Waals surface area contributed by atoms with Gasteiger partial charge in [0, 0.05) is 9.92 Å². The summed E-state index contributed by atoms with van der Waals surface area (Å²) in [4.78, 5) is 18.0. The molecule has 1 aromatic heterocycles. The summed E-state index contributed by atoms with van der Waals surface area (Å²) in [5.41, 5.74) is 1.65. The van der Waals surface area contributed by atoms with E-state index in [2.05, 4.69) is 17.1 Å². The van der Waals surface area contributed by atoms with Crippen LogP contribution in [0.1, 0.15) is 5.56 Å². The van der Waals surface area contributed by atoms with E-state index in [1.54, 1.807) is 40.9 Å². The van der Waals surface area contributed by atoms with Crippen molar-refractivity contribution in [1.82, 2.24) is 9.55 Å². The van der Waals surface area contributed by atoms with Gasteiger partial charge in [-0.2, -0.15) is 0 Å². The molecular formula is C16H13ClN2OS. The maximum Gasteiger partial charge on any atom is 0.261 e. The van der Waals surface area contributed by atoms with E-state index < -0.39 is 0 Å². The molecule has 0 aliphatic heterocycles. The molecule has 0 bridgehead atoms. The van der Waals surface area contributed by atoms with E-state index in [-0.39, 0.29) is 5.56 Å². The number of nitrogens with zero attached hydrogens (tertiary/aromatic N) is 2. The van der Waals surface area contributed by atoms with Crippen LogP contribution < -0.4 is 5.56 Å². The van der Waals surface area contributed by atoms with Crippen molar-refractivity contribution in [2.45, 2.75) is 11.4 Å². The van der Waals surface area contributed by atoms with E-state index in [1.807, 2.05) is 18.4 Å². The Balaban J connectivity index is 1.98. The molecule has 0 amide bonds. The Labute approximate surface area is 131 Å². The SMILES string of the molecule is CSc1ccc(Cn2cnc3cc(Cl)ccc3c2=O)cc1. The summed E-state index contributed by atoms with van der Waals surface area (Å²) in [6.45, 7) is 0.513. The first-order chi connectivity index (χ1) is 10.2. The molecule has 0 atom stereocenters. The lowest BCUT2D eigenvalue weighted by atomic mass is 10.2. The molecule has 21 heavy (non-hydrogen) atoms. The quantitative estimate of drug-likeness (QED) is 0.689. The summed E-state index contributed by atoms with van der Waals surface area (Å²) in [5, 5.41) is 1.17. The van der Waals surface area contributed by atoms with Gasteiger partial charge in [-0.25, -0.2) is 4.98 Å². The van der Waals surface area contributed by atoms with Crippen molar-refractivity contribution in [1.29, 1.82) is 0 Å². The molecule has 0 aliphatic carbocycles. The number of fused-ring (bicyclic) bond motifs is 1. The molecule has 3 aromatic rings. The van der Waals surface area contributed by atoms with Gasteiger partial charge in [0.15, 0.2) is 0 Å². The van der Waals surface area contributed by atoms with E-state index in [1.165, 1.54) is 4.90 Å². The predicted molar refractivity (Wildman–Crippen MR) is 88.3 cm³/mol. The number of hydrogen-bond acceptors (Lipinski definition) is 3. The highest BCUT2D eigenvalue weighted by Crippen LogP contribution is 2.16. The first-order valence-corrected chi connectivity index (χ1v) is 8.05. The normalized spacial score (nSPS) is 11.0. The summed E-state index contributed by atoms with van der Waals surface area (Å²) in [7, 11) is 0. The van der Waals surface area contributed by atoms with Gasteiger partial charge in [0.1, 0.15) is 0 Å². The zero-order valence-electron chi connectivity index (χ0n) is 11.4. The Morgan fingerprint density at radius 1 is 1.19 bits per heavy atom. The third-order valence-electron chi connectivity index (χ3n) is 3.30. The Morgan fingerprint density at radius 2 is 1.95 bits per heavy atom. The predicted octanol–water partition coefficient (Wildman–Crippen LogP) is 3.82. The van der Waals surface area contributed by atoms with Crippen molar-refractivity contribution in [2.24, 2.45) is 0 Å². The van der Waals surface area contributed by atoms with Crippen LogP contribution >= 0.6 is 23.4 Å². The number of halogens is 1. The van der Waals surface area contributed by atoms with Gasteiger partial charge in [-0.05, 0) is 42.2 Å². The highest BCUT2D eigenvalue weighted by molar-refractivity contribution is 7.98. The van der Waals surface area contributed by atoms with Gasteiger partial charge in [-0.1, -0.05) is 23.7 Å².